The molecule has 0 spiro atoms. The van der Waals surface area contributed by atoms with Gasteiger partial charge in [0.2, 0.25) is 5.95 Å². The van der Waals surface area contributed by atoms with Gasteiger partial charge >= 0.3 is 0 Å². The Hall–Kier alpha value is -1.97. The van der Waals surface area contributed by atoms with Gasteiger partial charge in [-0.2, -0.15) is 0 Å². The van der Waals surface area contributed by atoms with Crippen LogP contribution in [0.4, 0.5) is 10.3 Å². The lowest BCUT2D eigenvalue weighted by Crippen LogP contribution is -2.12. The number of aromatic nitrogens is 2. The first kappa shape index (κ1) is 10.5. The summed E-state index contributed by atoms with van der Waals surface area (Å²) >= 11 is 0. The Labute approximate surface area is 93.6 Å². The van der Waals surface area contributed by atoms with Gasteiger partial charge in [0, 0.05) is 32.1 Å². The molecule has 1 heterocycles. The molecule has 0 saturated carbocycles. The van der Waals surface area contributed by atoms with Gasteiger partial charge in [0.15, 0.2) is 0 Å². The van der Waals surface area contributed by atoms with E-state index in [0.29, 0.717) is 5.95 Å². The van der Waals surface area contributed by atoms with E-state index in [1.807, 2.05) is 19.0 Å². The van der Waals surface area contributed by atoms with Crippen molar-refractivity contribution in [3.8, 4) is 11.1 Å². The first-order chi connectivity index (χ1) is 7.66. The summed E-state index contributed by atoms with van der Waals surface area (Å²) in [6.45, 7) is 0. The molecule has 0 unspecified atom stereocenters. The Bertz CT molecular complexity index is 463. The molecule has 0 radical (unpaired) electrons. The first-order valence-electron chi connectivity index (χ1n) is 4.92. The summed E-state index contributed by atoms with van der Waals surface area (Å²) in [6, 6.07) is 6.27. The van der Waals surface area contributed by atoms with Gasteiger partial charge in [-0.15, -0.1) is 0 Å². The van der Waals surface area contributed by atoms with Crippen LogP contribution in [0.5, 0.6) is 0 Å². The predicted octanol–water partition coefficient (Wildman–Crippen LogP) is 2.35. The number of rotatable bonds is 2. The Morgan fingerprint density at radius 2 is 1.50 bits per heavy atom. The fourth-order valence-corrected chi connectivity index (χ4v) is 1.34. The van der Waals surface area contributed by atoms with E-state index in [1.165, 1.54) is 12.1 Å². The molecule has 0 amide bonds. The number of hydrogen-bond acceptors (Lipinski definition) is 3. The monoisotopic (exact) mass is 217 g/mol. The number of benzene rings is 1. The quantitative estimate of drug-likeness (QED) is 0.773. The minimum Gasteiger partial charge on any atom is -0.347 e. The highest BCUT2D eigenvalue weighted by Gasteiger charge is 2.01. The lowest BCUT2D eigenvalue weighted by atomic mass is 10.1. The molecule has 16 heavy (non-hydrogen) atoms. The SMILES string of the molecule is CN(C)c1ncc(-c2ccc(F)cc2)cn1. The van der Waals surface area contributed by atoms with Crippen LogP contribution in [0.25, 0.3) is 11.1 Å². The second-order valence-corrected chi connectivity index (χ2v) is 3.67. The van der Waals surface area contributed by atoms with E-state index in [9.17, 15) is 4.39 Å². The highest BCUT2D eigenvalue weighted by Crippen LogP contribution is 2.18. The van der Waals surface area contributed by atoms with E-state index in [1.54, 1.807) is 24.5 Å². The second-order valence-electron chi connectivity index (χ2n) is 3.67. The molecule has 1 aromatic carbocycles. The van der Waals surface area contributed by atoms with Gasteiger partial charge in [0.05, 0.1) is 0 Å². The summed E-state index contributed by atoms with van der Waals surface area (Å²) in [5.74, 6) is 0.417. The minimum atomic E-state index is -0.241. The van der Waals surface area contributed by atoms with Crippen molar-refractivity contribution in [3.05, 3.63) is 42.5 Å². The summed E-state index contributed by atoms with van der Waals surface area (Å²) in [4.78, 5) is 10.2. The minimum absolute atomic E-state index is 0.241. The molecule has 1 aromatic heterocycles. The van der Waals surface area contributed by atoms with Crippen molar-refractivity contribution in [2.24, 2.45) is 0 Å². The van der Waals surface area contributed by atoms with Crippen molar-refractivity contribution in [2.45, 2.75) is 0 Å². The van der Waals surface area contributed by atoms with Gasteiger partial charge in [-0.1, -0.05) is 12.1 Å². The zero-order chi connectivity index (χ0) is 11.5. The van der Waals surface area contributed by atoms with E-state index in [0.717, 1.165) is 11.1 Å². The van der Waals surface area contributed by atoms with Gasteiger partial charge < -0.3 is 4.90 Å². The number of halogens is 1. The Morgan fingerprint density at radius 3 is 2.00 bits per heavy atom. The molecule has 0 atom stereocenters. The van der Waals surface area contributed by atoms with Crippen molar-refractivity contribution in [3.63, 3.8) is 0 Å². The van der Waals surface area contributed by atoms with E-state index >= 15 is 0 Å². The summed E-state index contributed by atoms with van der Waals surface area (Å²) < 4.78 is 12.7. The van der Waals surface area contributed by atoms with Gasteiger partial charge in [0.25, 0.3) is 0 Å². The summed E-state index contributed by atoms with van der Waals surface area (Å²) in [7, 11) is 3.76. The van der Waals surface area contributed by atoms with Crippen LogP contribution >= 0.6 is 0 Å². The molecule has 4 heteroatoms. The molecule has 0 aliphatic rings. The third kappa shape index (κ3) is 2.16. The molecule has 0 fully saturated rings. The second kappa shape index (κ2) is 4.26. The van der Waals surface area contributed by atoms with Crippen molar-refractivity contribution >= 4 is 5.95 Å². The standard InChI is InChI=1S/C12H12FN3/c1-16(2)12-14-7-10(8-15-12)9-3-5-11(13)6-4-9/h3-8H,1-2H3. The third-order valence-electron chi connectivity index (χ3n) is 2.22. The van der Waals surface area contributed by atoms with Crippen LogP contribution in [0.15, 0.2) is 36.7 Å². The fraction of sp³-hybridized carbons (Fsp3) is 0.167. The van der Waals surface area contributed by atoms with Crippen LogP contribution in [0.2, 0.25) is 0 Å². The van der Waals surface area contributed by atoms with Gasteiger partial charge in [-0.3, -0.25) is 0 Å². The van der Waals surface area contributed by atoms with Crippen LogP contribution < -0.4 is 4.90 Å². The van der Waals surface area contributed by atoms with E-state index < -0.39 is 0 Å². The Balaban J connectivity index is 2.31. The molecule has 3 nitrogen and oxygen atoms in total. The largest absolute Gasteiger partial charge is 0.347 e. The maximum Gasteiger partial charge on any atom is 0.224 e. The molecule has 0 aliphatic heterocycles. The van der Waals surface area contributed by atoms with Crippen molar-refractivity contribution in [1.29, 1.82) is 0 Å². The lowest BCUT2D eigenvalue weighted by Gasteiger charge is -2.09. The summed E-state index contributed by atoms with van der Waals surface area (Å²) in [5, 5.41) is 0. The van der Waals surface area contributed by atoms with Crippen LogP contribution in [-0.4, -0.2) is 24.1 Å². The topological polar surface area (TPSA) is 29.0 Å². The Morgan fingerprint density at radius 1 is 0.938 bits per heavy atom. The number of hydrogen-bond donors (Lipinski definition) is 0. The average Bonchev–Trinajstić information content (AvgIpc) is 2.30. The molecule has 2 rings (SSSR count). The van der Waals surface area contributed by atoms with Crippen LogP contribution in [-0.2, 0) is 0 Å². The average molecular weight is 217 g/mol. The molecule has 82 valence electrons. The van der Waals surface area contributed by atoms with Crippen LogP contribution in [0, 0.1) is 5.82 Å². The molecular formula is C12H12FN3. The molecule has 0 saturated heterocycles. The normalized spacial score (nSPS) is 10.2. The zero-order valence-corrected chi connectivity index (χ0v) is 9.18. The number of nitrogens with zero attached hydrogens (tertiary/aromatic N) is 3. The highest BCUT2D eigenvalue weighted by molar-refractivity contribution is 5.61. The maximum absolute atomic E-state index is 12.7. The number of anilines is 1. The van der Waals surface area contributed by atoms with Crippen molar-refractivity contribution < 1.29 is 4.39 Å². The van der Waals surface area contributed by atoms with Crippen LogP contribution in [0.3, 0.4) is 0 Å². The Kier molecular flexibility index (Phi) is 2.81. The maximum atomic E-state index is 12.7. The van der Waals surface area contributed by atoms with Gasteiger partial charge in [-0.25, -0.2) is 14.4 Å². The summed E-state index contributed by atoms with van der Waals surface area (Å²) in [5.41, 5.74) is 1.79. The van der Waals surface area contributed by atoms with Gasteiger partial charge in [0.1, 0.15) is 5.82 Å². The molecule has 0 bridgehead atoms. The lowest BCUT2D eigenvalue weighted by molar-refractivity contribution is 0.628. The van der Waals surface area contributed by atoms with Crippen molar-refractivity contribution in [1.82, 2.24) is 9.97 Å². The molecule has 2 aromatic rings. The molecule has 0 N–H and O–H groups in total. The van der Waals surface area contributed by atoms with Crippen LogP contribution in [0.1, 0.15) is 0 Å². The third-order valence-corrected chi connectivity index (χ3v) is 2.22. The molecule has 0 aliphatic carbocycles. The smallest absolute Gasteiger partial charge is 0.224 e. The molecular weight excluding hydrogens is 205 g/mol. The zero-order valence-electron chi connectivity index (χ0n) is 9.18. The van der Waals surface area contributed by atoms with Gasteiger partial charge in [-0.05, 0) is 17.7 Å². The first-order valence-corrected chi connectivity index (χ1v) is 4.92. The highest BCUT2D eigenvalue weighted by atomic mass is 19.1. The fourth-order valence-electron chi connectivity index (χ4n) is 1.34. The van der Waals surface area contributed by atoms with E-state index in [2.05, 4.69) is 9.97 Å². The summed E-state index contributed by atoms with van der Waals surface area (Å²) in [6.07, 6.45) is 3.46. The van der Waals surface area contributed by atoms with Crippen molar-refractivity contribution in [2.75, 3.05) is 19.0 Å². The van der Waals surface area contributed by atoms with E-state index in [-0.39, 0.29) is 5.82 Å². The van der Waals surface area contributed by atoms with E-state index in [4.69, 9.17) is 0 Å². The predicted molar refractivity (Wildman–Crippen MR) is 61.8 cm³/mol.